The summed E-state index contributed by atoms with van der Waals surface area (Å²) in [5.41, 5.74) is 6.19. The number of ketones is 2. The van der Waals surface area contributed by atoms with Crippen molar-refractivity contribution >= 4 is 17.1 Å². The van der Waals surface area contributed by atoms with E-state index in [1.807, 2.05) is 54.8 Å². The van der Waals surface area contributed by atoms with Gasteiger partial charge in [-0.1, -0.05) is 42.8 Å². The first-order valence-corrected chi connectivity index (χ1v) is 10.9. The van der Waals surface area contributed by atoms with E-state index in [4.69, 9.17) is 4.74 Å². The molecule has 5 nitrogen and oxygen atoms in total. The van der Waals surface area contributed by atoms with Gasteiger partial charge in [0.25, 0.3) is 0 Å². The van der Waals surface area contributed by atoms with Gasteiger partial charge in [-0.05, 0) is 49.6 Å². The smallest absolute Gasteiger partial charge is 0.166 e. The van der Waals surface area contributed by atoms with E-state index in [2.05, 4.69) is 24.2 Å². The molecule has 3 aromatic rings. The van der Waals surface area contributed by atoms with Crippen LogP contribution in [0.3, 0.4) is 0 Å². The Morgan fingerprint density at radius 2 is 1.91 bits per heavy atom. The number of hydrogen-bond acceptors (Lipinski definition) is 4. The summed E-state index contributed by atoms with van der Waals surface area (Å²) in [5.74, 6) is 0.704. The Labute approximate surface area is 188 Å². The lowest BCUT2D eigenvalue weighted by atomic mass is 9.90. The Kier molecular flexibility index (Phi) is 6.08. The third-order valence-corrected chi connectivity index (χ3v) is 6.26. The van der Waals surface area contributed by atoms with Crippen molar-refractivity contribution in [3.8, 4) is 0 Å². The molecule has 0 amide bonds. The fourth-order valence-electron chi connectivity index (χ4n) is 4.66. The van der Waals surface area contributed by atoms with Gasteiger partial charge in [0, 0.05) is 36.1 Å². The molecule has 1 aliphatic carbocycles. The van der Waals surface area contributed by atoms with Crippen molar-refractivity contribution in [2.45, 2.75) is 46.0 Å². The highest BCUT2D eigenvalue weighted by Crippen LogP contribution is 2.33. The van der Waals surface area contributed by atoms with Crippen molar-refractivity contribution in [1.29, 1.82) is 0 Å². The first-order valence-electron chi connectivity index (χ1n) is 10.9. The van der Waals surface area contributed by atoms with E-state index in [-0.39, 0.29) is 23.9 Å². The molecule has 2 aromatic heterocycles. The second-order valence-electron chi connectivity index (χ2n) is 8.40. The average Bonchev–Trinajstić information content (AvgIpc) is 3.09. The van der Waals surface area contributed by atoms with Crippen molar-refractivity contribution < 1.29 is 14.3 Å². The van der Waals surface area contributed by atoms with Crippen LogP contribution in [-0.2, 0) is 9.53 Å². The number of rotatable bonds is 7. The topological polar surface area (TPSA) is 60.7 Å². The van der Waals surface area contributed by atoms with Crippen LogP contribution in [0.2, 0.25) is 0 Å². The molecule has 0 saturated heterocycles. The molecule has 0 spiro atoms. The minimum absolute atomic E-state index is 0.0153. The fourth-order valence-corrected chi connectivity index (χ4v) is 4.66. The normalized spacial score (nSPS) is 15.1. The van der Waals surface area contributed by atoms with Gasteiger partial charge in [0.15, 0.2) is 11.6 Å². The highest BCUT2D eigenvalue weighted by molar-refractivity contribution is 6.06. The minimum atomic E-state index is 0.0153. The second kappa shape index (κ2) is 8.95. The number of methoxy groups -OCH3 is 1. The maximum Gasteiger partial charge on any atom is 0.166 e. The summed E-state index contributed by atoms with van der Waals surface area (Å²) in [5, 5.41) is 4.56. The summed E-state index contributed by atoms with van der Waals surface area (Å²) in [7, 11) is 1.56. The third-order valence-electron chi connectivity index (χ3n) is 6.26. The molecule has 1 unspecified atom stereocenters. The van der Waals surface area contributed by atoms with Crippen LogP contribution in [0.5, 0.6) is 0 Å². The summed E-state index contributed by atoms with van der Waals surface area (Å²) in [6, 6.07) is 14.0. The van der Waals surface area contributed by atoms with E-state index in [1.54, 1.807) is 13.3 Å². The van der Waals surface area contributed by atoms with E-state index in [9.17, 15) is 9.59 Å². The number of fused-ring (bicyclic) bond motifs is 1. The molecule has 0 saturated carbocycles. The number of aromatic nitrogens is 2. The van der Waals surface area contributed by atoms with Crippen LogP contribution in [0, 0.1) is 6.92 Å². The quantitative estimate of drug-likeness (QED) is 0.461. The number of allylic oxidation sites excluding steroid dienone is 3. The molecule has 4 rings (SSSR count). The number of carbonyl (C=O) groups excluding carboxylic acids is 2. The van der Waals surface area contributed by atoms with Crippen LogP contribution in [0.1, 0.15) is 66.2 Å². The van der Waals surface area contributed by atoms with Crippen LogP contribution in [-0.4, -0.2) is 28.3 Å². The predicted molar refractivity (Wildman–Crippen MR) is 125 cm³/mol. The summed E-state index contributed by atoms with van der Waals surface area (Å²) < 4.78 is 7.30. The monoisotopic (exact) mass is 428 g/mol. The molecule has 1 atom stereocenters. The van der Waals surface area contributed by atoms with Crippen LogP contribution in [0.25, 0.3) is 5.52 Å². The Hall–Kier alpha value is -3.47. The van der Waals surface area contributed by atoms with E-state index in [0.717, 1.165) is 22.3 Å². The second-order valence-corrected chi connectivity index (χ2v) is 8.40. The molecule has 164 valence electrons. The summed E-state index contributed by atoms with van der Waals surface area (Å²) >= 11 is 0. The van der Waals surface area contributed by atoms with Crippen molar-refractivity contribution in [1.82, 2.24) is 9.61 Å². The van der Waals surface area contributed by atoms with Gasteiger partial charge in [-0.3, -0.25) is 9.59 Å². The van der Waals surface area contributed by atoms with E-state index in [1.165, 1.54) is 5.56 Å². The first kappa shape index (κ1) is 21.8. The Bertz CT molecular complexity index is 1250. The number of nitrogens with zero attached hydrogens (tertiary/aromatic N) is 2. The zero-order chi connectivity index (χ0) is 22.8. The van der Waals surface area contributed by atoms with Crippen molar-refractivity contribution in [2.24, 2.45) is 0 Å². The maximum absolute atomic E-state index is 13.4. The van der Waals surface area contributed by atoms with Gasteiger partial charge in [-0.2, -0.15) is 5.10 Å². The Balaban J connectivity index is 1.70. The molecule has 0 fully saturated rings. The predicted octanol–water partition coefficient (Wildman–Crippen LogP) is 5.58. The molecule has 0 bridgehead atoms. The third kappa shape index (κ3) is 3.91. The molecular formula is C27H28N2O3. The van der Waals surface area contributed by atoms with Gasteiger partial charge in [0.2, 0.25) is 0 Å². The summed E-state index contributed by atoms with van der Waals surface area (Å²) in [6.07, 6.45) is 4.63. The molecule has 1 aromatic carbocycles. The van der Waals surface area contributed by atoms with E-state index >= 15 is 0 Å². The van der Waals surface area contributed by atoms with Gasteiger partial charge in [0.05, 0.1) is 18.3 Å². The largest absolute Gasteiger partial charge is 0.496 e. The van der Waals surface area contributed by atoms with Gasteiger partial charge in [0.1, 0.15) is 5.76 Å². The lowest BCUT2D eigenvalue weighted by Gasteiger charge is -2.16. The van der Waals surface area contributed by atoms with Crippen LogP contribution >= 0.6 is 0 Å². The van der Waals surface area contributed by atoms with Gasteiger partial charge >= 0.3 is 0 Å². The van der Waals surface area contributed by atoms with Crippen LogP contribution < -0.4 is 0 Å². The number of ether oxygens (including phenoxy) is 1. The molecule has 32 heavy (non-hydrogen) atoms. The standard InChI is InChI=1S/C27H28N2O3/c1-17-15-24(31)21(25(16-17)32-4)12-13-23(30)26-19(3)27(29-22(26)11-8-14-28-29)18(2)20-9-6-5-7-10-20/h5-11,14,16,18H,12-13,15H2,1-4H3. The molecule has 0 N–H and O–H groups in total. The highest BCUT2D eigenvalue weighted by Gasteiger charge is 2.26. The first-order chi connectivity index (χ1) is 15.4. The lowest BCUT2D eigenvalue weighted by Crippen LogP contribution is -2.13. The van der Waals surface area contributed by atoms with Crippen molar-refractivity contribution in [3.63, 3.8) is 0 Å². The zero-order valence-electron chi connectivity index (χ0n) is 19.0. The molecule has 0 aliphatic heterocycles. The minimum Gasteiger partial charge on any atom is -0.496 e. The van der Waals surface area contributed by atoms with Crippen molar-refractivity contribution in [2.75, 3.05) is 7.11 Å². The van der Waals surface area contributed by atoms with E-state index < -0.39 is 0 Å². The summed E-state index contributed by atoms with van der Waals surface area (Å²) in [4.78, 5) is 26.0. The average molecular weight is 429 g/mol. The molecule has 0 radical (unpaired) electrons. The highest BCUT2D eigenvalue weighted by atomic mass is 16.5. The number of benzene rings is 1. The molecule has 2 heterocycles. The number of hydrogen-bond donors (Lipinski definition) is 0. The summed E-state index contributed by atoms with van der Waals surface area (Å²) in [6.45, 7) is 6.05. The molecule has 5 heteroatoms. The van der Waals surface area contributed by atoms with Gasteiger partial charge < -0.3 is 4.74 Å². The molecule has 1 aliphatic rings. The van der Waals surface area contributed by atoms with Gasteiger partial charge in [-0.25, -0.2) is 4.52 Å². The zero-order valence-corrected chi connectivity index (χ0v) is 19.0. The van der Waals surface area contributed by atoms with Crippen LogP contribution in [0.4, 0.5) is 0 Å². The van der Waals surface area contributed by atoms with Gasteiger partial charge in [-0.15, -0.1) is 0 Å². The van der Waals surface area contributed by atoms with Crippen molar-refractivity contribution in [3.05, 3.63) is 94.0 Å². The lowest BCUT2D eigenvalue weighted by molar-refractivity contribution is -0.115. The number of Topliss-reactive ketones (excluding diaryl/α,β-unsaturated/α-hetero) is 2. The Morgan fingerprint density at radius 3 is 2.62 bits per heavy atom. The molecular weight excluding hydrogens is 400 g/mol. The maximum atomic E-state index is 13.4. The Morgan fingerprint density at radius 1 is 1.16 bits per heavy atom. The number of carbonyl (C=O) groups is 2. The van der Waals surface area contributed by atoms with Crippen LogP contribution in [0.15, 0.2) is 71.6 Å². The SMILES string of the molecule is COC1=C(CCC(=O)c2c(C)c(C(C)c3ccccc3)n3ncccc23)C(=O)CC(C)=C1. The fraction of sp³-hybridized carbons (Fsp3) is 0.296. The van der Waals surface area contributed by atoms with E-state index in [0.29, 0.717) is 29.7 Å².